The first-order valence-corrected chi connectivity index (χ1v) is 10.3. The summed E-state index contributed by atoms with van der Waals surface area (Å²) in [6.07, 6.45) is 2.21. The van der Waals surface area contributed by atoms with Crippen LogP contribution in [0.4, 0.5) is 5.13 Å². The number of carbonyl (C=O) groups excluding carboxylic acids is 1. The minimum Gasteiger partial charge on any atom is -0.357 e. The molecule has 0 aromatic carbocycles. The van der Waals surface area contributed by atoms with Crippen molar-refractivity contribution in [2.45, 2.75) is 29.0 Å². The van der Waals surface area contributed by atoms with Crippen molar-refractivity contribution in [3.05, 3.63) is 12.7 Å². The number of hydrogen-bond acceptors (Lipinski definition) is 8. The minimum absolute atomic E-state index is 0.0323. The third kappa shape index (κ3) is 4.96. The van der Waals surface area contributed by atoms with Gasteiger partial charge in [0.05, 0.1) is 16.8 Å². The van der Waals surface area contributed by atoms with Gasteiger partial charge >= 0.3 is 0 Å². The van der Waals surface area contributed by atoms with Crippen molar-refractivity contribution in [3.8, 4) is 0 Å². The number of hydrogen-bond donors (Lipinski definition) is 2. The third-order valence-electron chi connectivity index (χ3n) is 3.03. The number of nitrogens with zero attached hydrogens (tertiary/aromatic N) is 2. The van der Waals surface area contributed by atoms with Crippen molar-refractivity contribution in [1.29, 1.82) is 0 Å². The van der Waals surface area contributed by atoms with Gasteiger partial charge in [-0.2, -0.15) is 0 Å². The summed E-state index contributed by atoms with van der Waals surface area (Å²) in [5.41, 5.74) is 0. The van der Waals surface area contributed by atoms with Crippen LogP contribution in [-0.4, -0.2) is 53.9 Å². The summed E-state index contributed by atoms with van der Waals surface area (Å²) in [7, 11) is -2.99. The van der Waals surface area contributed by atoms with Crippen LogP contribution in [0.5, 0.6) is 0 Å². The van der Waals surface area contributed by atoms with Crippen LogP contribution in [0.1, 0.15) is 13.3 Å². The highest BCUT2D eigenvalue weighted by Crippen LogP contribution is 2.29. The SMILES string of the molecule is C=CCNc1nnc(S[C@@H](C)C(=O)N[C@@H]2CCS(=O)(=O)C2)s1. The molecule has 1 aliphatic heterocycles. The Morgan fingerprint density at radius 3 is 3.00 bits per heavy atom. The lowest BCUT2D eigenvalue weighted by atomic mass is 10.2. The van der Waals surface area contributed by atoms with Gasteiger partial charge in [-0.05, 0) is 13.3 Å². The molecular weight excluding hydrogens is 344 g/mol. The first-order chi connectivity index (χ1) is 10.4. The predicted molar refractivity (Wildman–Crippen MR) is 89.1 cm³/mol. The second-order valence-electron chi connectivity index (χ2n) is 4.91. The van der Waals surface area contributed by atoms with E-state index in [4.69, 9.17) is 0 Å². The number of nitrogens with one attached hydrogen (secondary N) is 2. The van der Waals surface area contributed by atoms with Crippen LogP contribution in [0.15, 0.2) is 17.0 Å². The van der Waals surface area contributed by atoms with E-state index in [-0.39, 0.29) is 28.7 Å². The highest BCUT2D eigenvalue weighted by molar-refractivity contribution is 8.02. The molecule has 0 aliphatic carbocycles. The quantitative estimate of drug-likeness (QED) is 0.549. The zero-order valence-corrected chi connectivity index (χ0v) is 14.6. The molecule has 0 radical (unpaired) electrons. The molecule has 2 N–H and O–H groups in total. The van der Waals surface area contributed by atoms with E-state index in [0.29, 0.717) is 22.4 Å². The normalized spacial score (nSPS) is 21.2. The molecule has 1 aliphatic rings. The third-order valence-corrected chi connectivity index (χ3v) is 6.86. The molecule has 1 amide bonds. The van der Waals surface area contributed by atoms with Gasteiger partial charge in [0.15, 0.2) is 14.2 Å². The van der Waals surface area contributed by atoms with E-state index >= 15 is 0 Å². The Hall–Kier alpha value is -1.13. The van der Waals surface area contributed by atoms with Crippen molar-refractivity contribution >= 4 is 44.0 Å². The minimum atomic E-state index is -2.99. The zero-order chi connectivity index (χ0) is 16.2. The fourth-order valence-corrected chi connectivity index (χ4v) is 5.51. The topological polar surface area (TPSA) is 101 Å². The maximum absolute atomic E-state index is 12.1. The van der Waals surface area contributed by atoms with E-state index in [0.717, 1.165) is 0 Å². The second kappa shape index (κ2) is 7.42. The molecule has 0 spiro atoms. The first kappa shape index (κ1) is 17.2. The highest BCUT2D eigenvalue weighted by atomic mass is 32.2. The van der Waals surface area contributed by atoms with Crippen molar-refractivity contribution in [2.24, 2.45) is 0 Å². The molecule has 2 atom stereocenters. The number of thioether (sulfide) groups is 1. The summed E-state index contributed by atoms with van der Waals surface area (Å²) >= 11 is 2.67. The maximum atomic E-state index is 12.1. The molecule has 22 heavy (non-hydrogen) atoms. The predicted octanol–water partition coefficient (Wildman–Crippen LogP) is 0.920. The summed E-state index contributed by atoms with van der Waals surface area (Å²) < 4.78 is 23.5. The average molecular weight is 363 g/mol. The van der Waals surface area contributed by atoms with Gasteiger partial charge in [-0.15, -0.1) is 16.8 Å². The molecule has 1 fully saturated rings. The largest absolute Gasteiger partial charge is 0.357 e. The van der Waals surface area contributed by atoms with Crippen LogP contribution >= 0.6 is 23.1 Å². The molecule has 1 saturated heterocycles. The number of carbonyl (C=O) groups is 1. The van der Waals surface area contributed by atoms with Gasteiger partial charge in [-0.3, -0.25) is 4.79 Å². The Balaban J connectivity index is 1.83. The van der Waals surface area contributed by atoms with Gasteiger partial charge in [0.2, 0.25) is 11.0 Å². The van der Waals surface area contributed by atoms with Gasteiger partial charge in [0, 0.05) is 12.6 Å². The fourth-order valence-electron chi connectivity index (χ4n) is 1.92. The van der Waals surface area contributed by atoms with E-state index in [1.54, 1.807) is 13.0 Å². The number of amides is 1. The second-order valence-corrected chi connectivity index (χ2v) is 9.71. The van der Waals surface area contributed by atoms with Crippen molar-refractivity contribution < 1.29 is 13.2 Å². The van der Waals surface area contributed by atoms with Crippen LogP contribution in [0.25, 0.3) is 0 Å². The fraction of sp³-hybridized carbons (Fsp3) is 0.583. The summed E-state index contributed by atoms with van der Waals surface area (Å²) in [6, 6.07) is -0.278. The van der Waals surface area contributed by atoms with Crippen LogP contribution in [0, 0.1) is 0 Å². The number of anilines is 1. The van der Waals surface area contributed by atoms with Crippen LogP contribution in [0.3, 0.4) is 0 Å². The summed E-state index contributed by atoms with van der Waals surface area (Å²) in [5.74, 6) is 0.00145. The van der Waals surface area contributed by atoms with Crippen LogP contribution < -0.4 is 10.6 Å². The van der Waals surface area contributed by atoms with Crippen molar-refractivity contribution in [1.82, 2.24) is 15.5 Å². The Morgan fingerprint density at radius 1 is 1.59 bits per heavy atom. The van der Waals surface area contributed by atoms with Gasteiger partial charge < -0.3 is 10.6 Å². The molecule has 1 aromatic rings. The Kier molecular flexibility index (Phi) is 5.81. The van der Waals surface area contributed by atoms with E-state index in [2.05, 4.69) is 27.4 Å². The number of rotatable bonds is 7. The molecule has 0 saturated carbocycles. The van der Waals surface area contributed by atoms with E-state index in [9.17, 15) is 13.2 Å². The van der Waals surface area contributed by atoms with Gasteiger partial charge in [0.25, 0.3) is 0 Å². The summed E-state index contributed by atoms with van der Waals surface area (Å²) in [4.78, 5) is 12.1. The smallest absolute Gasteiger partial charge is 0.233 e. The first-order valence-electron chi connectivity index (χ1n) is 6.75. The highest BCUT2D eigenvalue weighted by Gasteiger charge is 2.30. The monoisotopic (exact) mass is 362 g/mol. The molecule has 122 valence electrons. The molecule has 2 rings (SSSR count). The Morgan fingerprint density at radius 2 is 2.36 bits per heavy atom. The lowest BCUT2D eigenvalue weighted by Gasteiger charge is -2.14. The Bertz CT molecular complexity index is 644. The van der Waals surface area contributed by atoms with Crippen LogP contribution in [-0.2, 0) is 14.6 Å². The van der Waals surface area contributed by atoms with Crippen molar-refractivity contribution in [3.63, 3.8) is 0 Å². The molecular formula is C12H18N4O3S3. The maximum Gasteiger partial charge on any atom is 0.233 e. The lowest BCUT2D eigenvalue weighted by Crippen LogP contribution is -2.39. The van der Waals surface area contributed by atoms with Gasteiger partial charge in [0.1, 0.15) is 0 Å². The Labute approximate surface area is 137 Å². The summed E-state index contributed by atoms with van der Waals surface area (Å²) in [5, 5.41) is 14.1. The van der Waals surface area contributed by atoms with E-state index in [1.165, 1.54) is 23.1 Å². The van der Waals surface area contributed by atoms with Crippen molar-refractivity contribution in [2.75, 3.05) is 23.4 Å². The molecule has 10 heteroatoms. The van der Waals surface area contributed by atoms with Gasteiger partial charge in [-0.25, -0.2) is 8.42 Å². The van der Waals surface area contributed by atoms with Crippen LogP contribution in [0.2, 0.25) is 0 Å². The molecule has 7 nitrogen and oxygen atoms in total. The average Bonchev–Trinajstić information content (AvgIpc) is 3.03. The molecule has 2 heterocycles. The van der Waals surface area contributed by atoms with E-state index in [1.807, 2.05) is 0 Å². The number of aromatic nitrogens is 2. The van der Waals surface area contributed by atoms with E-state index < -0.39 is 9.84 Å². The zero-order valence-electron chi connectivity index (χ0n) is 12.1. The molecule has 0 unspecified atom stereocenters. The van der Waals surface area contributed by atoms with Gasteiger partial charge in [-0.1, -0.05) is 29.2 Å². The lowest BCUT2D eigenvalue weighted by molar-refractivity contribution is -0.120. The molecule has 0 bridgehead atoms. The number of sulfone groups is 1. The summed E-state index contributed by atoms with van der Waals surface area (Å²) in [6.45, 7) is 5.97. The molecule has 1 aromatic heterocycles. The standard InChI is InChI=1S/C12H18N4O3S3/c1-3-5-13-11-15-16-12(21-11)20-8(2)10(17)14-9-4-6-22(18,19)7-9/h3,8-9H,1,4-7H2,2H3,(H,13,15)(H,14,17)/t8-,9+/m0/s1.